The van der Waals surface area contributed by atoms with Crippen molar-refractivity contribution >= 4 is 27.4 Å². The topological polar surface area (TPSA) is 139 Å². The largest absolute Gasteiger partial charge is 0.383 e. The number of hydrazone groups is 1. The molecule has 0 aliphatic carbocycles. The second kappa shape index (κ2) is 10.5. The van der Waals surface area contributed by atoms with E-state index in [1.807, 2.05) is 6.07 Å². The molecular formula is C23H24N8O3S. The first kappa shape index (κ1) is 24.2. The van der Waals surface area contributed by atoms with Gasteiger partial charge in [0, 0.05) is 45.0 Å². The monoisotopic (exact) mass is 492 g/mol. The highest BCUT2D eigenvalue weighted by molar-refractivity contribution is 7.89. The van der Waals surface area contributed by atoms with Gasteiger partial charge in [-0.15, -0.1) is 0 Å². The average molecular weight is 493 g/mol. The van der Waals surface area contributed by atoms with Gasteiger partial charge in [-0.3, -0.25) is 4.90 Å². The Morgan fingerprint density at radius 1 is 1.20 bits per heavy atom. The molecule has 3 aromatic rings. The Hall–Kier alpha value is -3.97. The van der Waals surface area contributed by atoms with Crippen molar-refractivity contribution in [2.24, 2.45) is 5.10 Å². The molecule has 1 aliphatic rings. The minimum absolute atomic E-state index is 0.0372. The van der Waals surface area contributed by atoms with E-state index in [1.165, 1.54) is 25.5 Å². The number of aromatic nitrogens is 2. The van der Waals surface area contributed by atoms with Crippen LogP contribution in [-0.2, 0) is 14.8 Å². The maximum atomic E-state index is 13.4. The zero-order valence-corrected chi connectivity index (χ0v) is 19.9. The van der Waals surface area contributed by atoms with E-state index in [9.17, 15) is 13.7 Å². The van der Waals surface area contributed by atoms with Gasteiger partial charge in [0.1, 0.15) is 4.90 Å². The lowest BCUT2D eigenvalue weighted by Crippen LogP contribution is -2.39. The molecule has 2 aromatic heterocycles. The van der Waals surface area contributed by atoms with E-state index in [2.05, 4.69) is 26.5 Å². The maximum Gasteiger partial charge on any atom is 0.280 e. The summed E-state index contributed by atoms with van der Waals surface area (Å²) in [5.41, 5.74) is 2.25. The third kappa shape index (κ3) is 5.41. The molecule has 0 unspecified atom stereocenters. The standard InChI is InChI=1S/C23H24N8O3S/c1-29(27-16-20-17-28-31-6-4-19(15-25)12-22(20)31)35(32,33)23-13-18(14-24)2-3-21(23)26-5-7-30-8-10-34-11-9-30/h2-4,6,12-13,16-17,26H,5,7-11H2,1H3/b27-16-. The van der Waals surface area contributed by atoms with Crippen LogP contribution in [0.3, 0.4) is 0 Å². The number of sulfonamides is 1. The molecule has 1 N–H and O–H groups in total. The second-order valence-electron chi connectivity index (χ2n) is 7.84. The van der Waals surface area contributed by atoms with Gasteiger partial charge >= 0.3 is 0 Å². The van der Waals surface area contributed by atoms with E-state index < -0.39 is 10.0 Å². The zero-order valence-electron chi connectivity index (χ0n) is 19.1. The van der Waals surface area contributed by atoms with E-state index >= 15 is 0 Å². The fraction of sp³-hybridized carbons (Fsp3) is 0.304. The number of hydrogen-bond acceptors (Lipinski definition) is 9. The van der Waals surface area contributed by atoms with Crippen LogP contribution >= 0.6 is 0 Å². The van der Waals surface area contributed by atoms with Gasteiger partial charge in [-0.05, 0) is 30.3 Å². The van der Waals surface area contributed by atoms with Gasteiger partial charge in [0.25, 0.3) is 10.0 Å². The lowest BCUT2D eigenvalue weighted by atomic mass is 10.2. The molecule has 0 amide bonds. The zero-order chi connectivity index (χ0) is 24.8. The predicted octanol–water partition coefficient (Wildman–Crippen LogP) is 1.48. The van der Waals surface area contributed by atoms with Crippen LogP contribution in [0.1, 0.15) is 16.7 Å². The molecule has 11 nitrogen and oxygen atoms in total. The van der Waals surface area contributed by atoms with Crippen molar-refractivity contribution in [3.8, 4) is 12.1 Å². The molecule has 1 aromatic carbocycles. The molecule has 1 aliphatic heterocycles. The number of morpholine rings is 1. The minimum atomic E-state index is -4.07. The van der Waals surface area contributed by atoms with Crippen LogP contribution in [0.25, 0.3) is 5.52 Å². The van der Waals surface area contributed by atoms with Crippen LogP contribution in [0, 0.1) is 22.7 Å². The fourth-order valence-electron chi connectivity index (χ4n) is 3.64. The molecule has 0 atom stereocenters. The summed E-state index contributed by atoms with van der Waals surface area (Å²) in [7, 11) is -2.74. The quantitative estimate of drug-likeness (QED) is 0.368. The lowest BCUT2D eigenvalue weighted by molar-refractivity contribution is 0.0398. The third-order valence-electron chi connectivity index (χ3n) is 5.62. The molecule has 0 saturated carbocycles. The number of hydrogen-bond donors (Lipinski definition) is 1. The van der Waals surface area contributed by atoms with Crippen LogP contribution in [0.2, 0.25) is 0 Å². The molecule has 3 heterocycles. The van der Waals surface area contributed by atoms with Crippen molar-refractivity contribution in [2.75, 3.05) is 51.8 Å². The Labute approximate surface area is 203 Å². The first-order valence-electron chi connectivity index (χ1n) is 10.9. The van der Waals surface area contributed by atoms with Gasteiger partial charge in [-0.25, -0.2) is 4.52 Å². The van der Waals surface area contributed by atoms with Crippen molar-refractivity contribution < 1.29 is 13.2 Å². The summed E-state index contributed by atoms with van der Waals surface area (Å²) in [5, 5.41) is 30.0. The van der Waals surface area contributed by atoms with Crippen LogP contribution < -0.4 is 5.32 Å². The van der Waals surface area contributed by atoms with Crippen molar-refractivity contribution in [2.45, 2.75) is 4.90 Å². The first-order chi connectivity index (χ1) is 16.9. The fourth-order valence-corrected chi connectivity index (χ4v) is 4.79. The summed E-state index contributed by atoms with van der Waals surface area (Å²) < 4.78 is 34.5. The Morgan fingerprint density at radius 2 is 1.94 bits per heavy atom. The number of anilines is 1. The van der Waals surface area contributed by atoms with Gasteiger partial charge in [-0.2, -0.15) is 33.6 Å². The van der Waals surface area contributed by atoms with E-state index in [0.717, 1.165) is 24.0 Å². The van der Waals surface area contributed by atoms with Gasteiger partial charge in [-0.1, -0.05) is 0 Å². The highest BCUT2D eigenvalue weighted by Gasteiger charge is 2.24. The Bertz CT molecular complexity index is 1430. The number of fused-ring (bicyclic) bond motifs is 1. The number of nitriles is 2. The van der Waals surface area contributed by atoms with E-state index in [0.29, 0.717) is 42.1 Å². The molecule has 0 radical (unpaired) electrons. The summed E-state index contributed by atoms with van der Waals surface area (Å²) in [6.45, 7) is 4.29. The molecule has 1 fully saturated rings. The van der Waals surface area contributed by atoms with Gasteiger partial charge < -0.3 is 10.1 Å². The third-order valence-corrected chi connectivity index (χ3v) is 7.31. The molecule has 0 bridgehead atoms. The summed E-state index contributed by atoms with van der Waals surface area (Å²) in [5.74, 6) is 0. The van der Waals surface area contributed by atoms with Crippen LogP contribution in [-0.4, -0.2) is 80.0 Å². The number of ether oxygens (including phenoxy) is 1. The van der Waals surface area contributed by atoms with E-state index in [1.54, 1.807) is 35.0 Å². The number of rotatable bonds is 8. The maximum absolute atomic E-state index is 13.4. The van der Waals surface area contributed by atoms with Gasteiger partial charge in [0.05, 0.1) is 60.1 Å². The second-order valence-corrected chi connectivity index (χ2v) is 9.76. The summed E-state index contributed by atoms with van der Waals surface area (Å²) in [6.07, 6.45) is 4.56. The van der Waals surface area contributed by atoms with Gasteiger partial charge in [0.2, 0.25) is 0 Å². The normalized spacial score (nSPS) is 14.6. The minimum Gasteiger partial charge on any atom is -0.383 e. The smallest absolute Gasteiger partial charge is 0.280 e. The first-order valence-corrected chi connectivity index (χ1v) is 12.3. The van der Waals surface area contributed by atoms with Crippen molar-refractivity contribution in [1.82, 2.24) is 18.9 Å². The SMILES string of the molecule is CN(/N=C\c1cnn2ccc(C#N)cc12)S(=O)(=O)c1cc(C#N)ccc1NCCN1CCOCC1. The molecular weight excluding hydrogens is 468 g/mol. The van der Waals surface area contributed by atoms with Crippen molar-refractivity contribution in [3.63, 3.8) is 0 Å². The average Bonchev–Trinajstić information content (AvgIpc) is 3.30. The highest BCUT2D eigenvalue weighted by Crippen LogP contribution is 2.26. The summed E-state index contributed by atoms with van der Waals surface area (Å²) in [6, 6.07) is 11.8. The predicted molar refractivity (Wildman–Crippen MR) is 129 cm³/mol. The van der Waals surface area contributed by atoms with Gasteiger partial charge in [0.15, 0.2) is 0 Å². The number of nitrogens with zero attached hydrogens (tertiary/aromatic N) is 7. The van der Waals surface area contributed by atoms with Crippen molar-refractivity contribution in [1.29, 1.82) is 10.5 Å². The Morgan fingerprint density at radius 3 is 2.69 bits per heavy atom. The molecule has 35 heavy (non-hydrogen) atoms. The van der Waals surface area contributed by atoms with Crippen LogP contribution in [0.4, 0.5) is 5.69 Å². The summed E-state index contributed by atoms with van der Waals surface area (Å²) >= 11 is 0. The highest BCUT2D eigenvalue weighted by atomic mass is 32.2. The lowest BCUT2D eigenvalue weighted by Gasteiger charge is -2.27. The Kier molecular flexibility index (Phi) is 7.27. The number of pyridine rings is 1. The van der Waals surface area contributed by atoms with Crippen LogP contribution in [0.15, 0.2) is 52.7 Å². The molecule has 12 heteroatoms. The Balaban J connectivity index is 1.55. The van der Waals surface area contributed by atoms with E-state index in [4.69, 9.17) is 10.00 Å². The number of nitrogens with one attached hydrogen (secondary N) is 1. The molecule has 4 rings (SSSR count). The van der Waals surface area contributed by atoms with E-state index in [-0.39, 0.29) is 10.5 Å². The molecule has 1 saturated heterocycles. The molecule has 180 valence electrons. The molecule has 0 spiro atoms. The van der Waals surface area contributed by atoms with Crippen molar-refractivity contribution in [3.05, 3.63) is 59.4 Å². The number of benzene rings is 1. The summed E-state index contributed by atoms with van der Waals surface area (Å²) in [4.78, 5) is 2.20. The van der Waals surface area contributed by atoms with Crippen LogP contribution in [0.5, 0.6) is 0 Å².